The van der Waals surface area contributed by atoms with Gasteiger partial charge in [0.15, 0.2) is 18.5 Å². The fourth-order valence-electron chi connectivity index (χ4n) is 7.11. The summed E-state index contributed by atoms with van der Waals surface area (Å²) in [5.41, 5.74) is 2.27. The van der Waals surface area contributed by atoms with E-state index in [0.29, 0.717) is 24.2 Å². The van der Waals surface area contributed by atoms with Crippen LogP contribution in [-0.4, -0.2) is 62.8 Å². The van der Waals surface area contributed by atoms with Crippen molar-refractivity contribution in [2.45, 2.75) is 75.1 Å². The molecule has 0 aromatic heterocycles. The maximum Gasteiger partial charge on any atom is 0.338 e. The first kappa shape index (κ1) is 41.0. The maximum atomic E-state index is 13.8. The number of hydrogen-bond acceptors (Lipinski definition) is 9. The maximum absolute atomic E-state index is 13.8. The van der Waals surface area contributed by atoms with Crippen molar-refractivity contribution in [3.05, 3.63) is 179 Å². The minimum Gasteiger partial charge on any atom is -0.469 e. The van der Waals surface area contributed by atoms with Crippen LogP contribution < -0.4 is 0 Å². The average molecular weight is 771 g/mol. The van der Waals surface area contributed by atoms with Crippen LogP contribution in [0.5, 0.6) is 0 Å². The molecule has 296 valence electrons. The lowest BCUT2D eigenvalue weighted by Crippen LogP contribution is -2.44. The van der Waals surface area contributed by atoms with Gasteiger partial charge in [-0.2, -0.15) is 0 Å². The Bertz CT molecular complexity index is 1860. The van der Waals surface area contributed by atoms with Gasteiger partial charge in [0, 0.05) is 13.0 Å². The van der Waals surface area contributed by atoms with E-state index in [-0.39, 0.29) is 12.6 Å². The van der Waals surface area contributed by atoms with E-state index in [0.717, 1.165) is 55.2 Å². The summed E-state index contributed by atoms with van der Waals surface area (Å²) < 4.78 is 37.3. The van der Waals surface area contributed by atoms with Gasteiger partial charge < -0.3 is 28.4 Å². The van der Waals surface area contributed by atoms with Gasteiger partial charge in [0.2, 0.25) is 0 Å². The molecule has 1 saturated heterocycles. The third kappa shape index (κ3) is 10.8. The SMILES string of the molecule is COC(=O)CCCCCCCCO[C@H]1O[C@H](COC(c2ccccc2)(c2ccccc2)c2ccccc2)[C@@H](OC(=O)c2ccccc2)[C@@H]1OC(=O)c1ccccc1. The third-order valence-electron chi connectivity index (χ3n) is 10.1. The lowest BCUT2D eigenvalue weighted by atomic mass is 9.80. The van der Waals surface area contributed by atoms with Gasteiger partial charge >= 0.3 is 17.9 Å². The molecule has 1 aliphatic rings. The van der Waals surface area contributed by atoms with E-state index in [4.69, 9.17) is 28.4 Å². The molecule has 57 heavy (non-hydrogen) atoms. The summed E-state index contributed by atoms with van der Waals surface area (Å²) in [4.78, 5) is 38.8. The van der Waals surface area contributed by atoms with E-state index in [2.05, 4.69) is 0 Å². The molecule has 1 heterocycles. The summed E-state index contributed by atoms with van der Waals surface area (Å²) >= 11 is 0. The van der Waals surface area contributed by atoms with Crippen molar-refractivity contribution in [1.82, 2.24) is 0 Å². The van der Waals surface area contributed by atoms with Gasteiger partial charge in [-0.3, -0.25) is 4.79 Å². The fraction of sp³-hybridized carbons (Fsp3) is 0.312. The number of ether oxygens (including phenoxy) is 6. The van der Waals surface area contributed by atoms with Crippen LogP contribution in [0.3, 0.4) is 0 Å². The molecule has 0 aliphatic carbocycles. The molecule has 0 radical (unpaired) electrons. The number of unbranched alkanes of at least 4 members (excludes halogenated alkanes) is 5. The fourth-order valence-corrected chi connectivity index (χ4v) is 7.11. The molecule has 6 rings (SSSR count). The summed E-state index contributed by atoms with van der Waals surface area (Å²) in [5, 5.41) is 0. The predicted molar refractivity (Wildman–Crippen MR) is 215 cm³/mol. The molecule has 0 N–H and O–H groups in total. The van der Waals surface area contributed by atoms with Gasteiger partial charge in [0.25, 0.3) is 0 Å². The summed E-state index contributed by atoms with van der Waals surface area (Å²) in [6.45, 7) is 0.261. The highest BCUT2D eigenvalue weighted by atomic mass is 16.7. The summed E-state index contributed by atoms with van der Waals surface area (Å²) in [6, 6.07) is 47.2. The molecule has 4 atom stereocenters. The standard InChI is InChI=1S/C48H50O9/c1-52-42(49)33-21-4-2-3-5-22-34-53-47-44(57-46(51)37-25-13-7-14-26-37)43(56-45(50)36-23-11-6-12-24-36)41(55-47)35-54-48(38-27-15-8-16-28-38,39-29-17-9-18-30-39)40-31-19-10-20-32-40/h6-20,23-32,41,43-44,47H,2-5,21-22,33-35H2,1H3/t41-,43-,44+,47+/m1/s1. The molecule has 0 amide bonds. The molecule has 0 unspecified atom stereocenters. The van der Waals surface area contributed by atoms with Crippen molar-refractivity contribution in [3.63, 3.8) is 0 Å². The zero-order valence-corrected chi connectivity index (χ0v) is 32.3. The van der Waals surface area contributed by atoms with E-state index in [1.165, 1.54) is 7.11 Å². The molecule has 9 heteroatoms. The number of hydrogen-bond donors (Lipinski definition) is 0. The molecular formula is C48H50O9. The molecule has 5 aromatic carbocycles. The average Bonchev–Trinajstić information content (AvgIpc) is 3.59. The van der Waals surface area contributed by atoms with Crippen LogP contribution in [-0.2, 0) is 38.8 Å². The van der Waals surface area contributed by atoms with E-state index >= 15 is 0 Å². The highest BCUT2D eigenvalue weighted by molar-refractivity contribution is 5.90. The first-order valence-electron chi connectivity index (χ1n) is 19.7. The van der Waals surface area contributed by atoms with Crippen LogP contribution in [0.15, 0.2) is 152 Å². The second-order valence-corrected chi connectivity index (χ2v) is 13.9. The second-order valence-electron chi connectivity index (χ2n) is 13.9. The minimum atomic E-state index is -1.11. The Hall–Kier alpha value is -5.61. The Morgan fingerprint density at radius 2 is 0.965 bits per heavy atom. The Balaban J connectivity index is 1.28. The Labute approximate surface area is 334 Å². The highest BCUT2D eigenvalue weighted by Gasteiger charge is 2.52. The van der Waals surface area contributed by atoms with Gasteiger partial charge in [0.1, 0.15) is 11.7 Å². The number of methoxy groups -OCH3 is 1. The number of carbonyl (C=O) groups is 3. The molecular weight excluding hydrogens is 721 g/mol. The van der Waals surface area contributed by atoms with Crippen molar-refractivity contribution in [3.8, 4) is 0 Å². The third-order valence-corrected chi connectivity index (χ3v) is 10.1. The Morgan fingerprint density at radius 3 is 1.44 bits per heavy atom. The van der Waals surface area contributed by atoms with Crippen molar-refractivity contribution in [2.24, 2.45) is 0 Å². The first-order chi connectivity index (χ1) is 28.0. The number of benzene rings is 5. The van der Waals surface area contributed by atoms with Gasteiger partial charge in [-0.1, -0.05) is 153 Å². The van der Waals surface area contributed by atoms with E-state index < -0.39 is 42.1 Å². The van der Waals surface area contributed by atoms with Crippen LogP contribution in [0.25, 0.3) is 0 Å². The Kier molecular flexibility index (Phi) is 15.2. The number of rotatable bonds is 20. The predicted octanol–water partition coefficient (Wildman–Crippen LogP) is 9.09. The van der Waals surface area contributed by atoms with Crippen LogP contribution >= 0.6 is 0 Å². The van der Waals surface area contributed by atoms with Gasteiger partial charge in [-0.15, -0.1) is 0 Å². The summed E-state index contributed by atoms with van der Waals surface area (Å²) in [6.07, 6.45) is 1.56. The first-order valence-corrected chi connectivity index (χ1v) is 19.7. The molecule has 9 nitrogen and oxygen atoms in total. The molecule has 0 spiro atoms. The van der Waals surface area contributed by atoms with Crippen molar-refractivity contribution in [2.75, 3.05) is 20.3 Å². The van der Waals surface area contributed by atoms with Gasteiger partial charge in [0.05, 0.1) is 24.8 Å². The zero-order valence-electron chi connectivity index (χ0n) is 32.3. The van der Waals surface area contributed by atoms with E-state index in [1.807, 2.05) is 103 Å². The van der Waals surface area contributed by atoms with Crippen LogP contribution in [0.1, 0.15) is 82.4 Å². The van der Waals surface area contributed by atoms with Crippen LogP contribution in [0, 0.1) is 0 Å². The Morgan fingerprint density at radius 1 is 0.544 bits per heavy atom. The lowest BCUT2D eigenvalue weighted by Gasteiger charge is -2.37. The summed E-state index contributed by atoms with van der Waals surface area (Å²) in [5.74, 6) is -1.38. The highest BCUT2D eigenvalue weighted by Crippen LogP contribution is 2.42. The normalized spacial score (nSPS) is 17.8. The topological polar surface area (TPSA) is 107 Å². The quantitative estimate of drug-likeness (QED) is 0.0332. The number of esters is 3. The van der Waals surface area contributed by atoms with Crippen LogP contribution in [0.2, 0.25) is 0 Å². The van der Waals surface area contributed by atoms with Crippen molar-refractivity contribution >= 4 is 17.9 Å². The molecule has 0 bridgehead atoms. The summed E-state index contributed by atoms with van der Waals surface area (Å²) in [7, 11) is 1.40. The lowest BCUT2D eigenvalue weighted by molar-refractivity contribution is -0.177. The smallest absolute Gasteiger partial charge is 0.338 e. The molecule has 0 saturated carbocycles. The molecule has 5 aromatic rings. The minimum absolute atomic E-state index is 0.0593. The zero-order chi connectivity index (χ0) is 39.7. The van der Waals surface area contributed by atoms with Crippen molar-refractivity contribution in [1.29, 1.82) is 0 Å². The van der Waals surface area contributed by atoms with Crippen molar-refractivity contribution < 1.29 is 42.8 Å². The largest absolute Gasteiger partial charge is 0.469 e. The van der Waals surface area contributed by atoms with E-state index in [1.54, 1.807) is 48.5 Å². The second kappa shape index (κ2) is 21.1. The van der Waals surface area contributed by atoms with Crippen LogP contribution in [0.4, 0.5) is 0 Å². The molecule has 1 aliphatic heterocycles. The van der Waals surface area contributed by atoms with Gasteiger partial charge in [-0.25, -0.2) is 9.59 Å². The monoisotopic (exact) mass is 770 g/mol. The van der Waals surface area contributed by atoms with Gasteiger partial charge in [-0.05, 0) is 53.8 Å². The molecule has 1 fully saturated rings. The van der Waals surface area contributed by atoms with E-state index in [9.17, 15) is 14.4 Å². The number of carbonyl (C=O) groups excluding carboxylic acids is 3.